The number of hydrogen-bond acceptors (Lipinski definition) is 5. The molecule has 0 atom stereocenters. The molecule has 0 saturated carbocycles. The predicted molar refractivity (Wildman–Crippen MR) is 120 cm³/mol. The van der Waals surface area contributed by atoms with E-state index in [1.54, 1.807) is 6.92 Å². The van der Waals surface area contributed by atoms with Crippen molar-refractivity contribution in [3.8, 4) is 0 Å². The summed E-state index contributed by atoms with van der Waals surface area (Å²) in [6.07, 6.45) is -1.77. The monoisotopic (exact) mass is 543 g/mol. The smallest absolute Gasteiger partial charge is 0.419 e. The number of rotatable bonds is 7. The zero-order chi connectivity index (χ0) is 21.3. The van der Waals surface area contributed by atoms with Gasteiger partial charge in [-0.25, -0.2) is 4.98 Å². The third-order valence-corrected chi connectivity index (χ3v) is 4.53. The van der Waals surface area contributed by atoms with Crippen molar-refractivity contribution in [3.05, 3.63) is 23.9 Å². The normalized spacial score (nSPS) is 15.4. The zero-order valence-corrected chi connectivity index (χ0v) is 19.5. The van der Waals surface area contributed by atoms with Crippen LogP contribution in [0.3, 0.4) is 0 Å². The molecule has 0 aliphatic carbocycles. The first-order valence-corrected chi connectivity index (χ1v) is 9.82. The zero-order valence-electron chi connectivity index (χ0n) is 17.2. The van der Waals surface area contributed by atoms with Gasteiger partial charge in [0.15, 0.2) is 5.96 Å². The van der Waals surface area contributed by atoms with E-state index in [0.717, 1.165) is 6.07 Å². The average Bonchev–Trinajstić information content (AvgIpc) is 2.70. The van der Waals surface area contributed by atoms with E-state index < -0.39 is 11.7 Å². The molecule has 1 aromatic rings. The Balaban J connectivity index is 0.00000450. The fourth-order valence-electron chi connectivity index (χ4n) is 3.12. The Bertz CT molecular complexity index is 695. The molecule has 0 bridgehead atoms. The summed E-state index contributed by atoms with van der Waals surface area (Å²) >= 11 is 0. The van der Waals surface area contributed by atoms with Crippen LogP contribution in [-0.4, -0.2) is 61.1 Å². The Kier molecular flexibility index (Phi) is 11.2. The van der Waals surface area contributed by atoms with Crippen LogP contribution in [-0.2, 0) is 15.7 Å². The van der Waals surface area contributed by atoms with Gasteiger partial charge in [0, 0.05) is 32.4 Å². The van der Waals surface area contributed by atoms with Gasteiger partial charge >= 0.3 is 12.1 Å². The fourth-order valence-corrected chi connectivity index (χ4v) is 3.12. The fraction of sp³-hybridized carbons (Fsp3) is 0.632. The highest BCUT2D eigenvalue weighted by molar-refractivity contribution is 14.0. The lowest BCUT2D eigenvalue weighted by Crippen LogP contribution is -2.47. The highest BCUT2D eigenvalue weighted by Crippen LogP contribution is 2.33. The van der Waals surface area contributed by atoms with Gasteiger partial charge in [-0.15, -0.1) is 24.0 Å². The van der Waals surface area contributed by atoms with Crippen LogP contribution in [0, 0.1) is 5.92 Å². The Morgan fingerprint density at radius 2 is 2.03 bits per heavy atom. The maximum absolute atomic E-state index is 13.0. The van der Waals surface area contributed by atoms with E-state index in [2.05, 4.69) is 25.5 Å². The van der Waals surface area contributed by atoms with Crippen LogP contribution >= 0.6 is 24.0 Å². The molecule has 30 heavy (non-hydrogen) atoms. The van der Waals surface area contributed by atoms with Crippen molar-refractivity contribution >= 4 is 41.7 Å². The molecule has 1 aliphatic rings. The lowest BCUT2D eigenvalue weighted by molar-refractivity contribution is -0.149. The summed E-state index contributed by atoms with van der Waals surface area (Å²) in [4.78, 5) is 22.2. The predicted octanol–water partition coefficient (Wildman–Crippen LogP) is 3.37. The number of pyridine rings is 1. The number of nitrogens with one attached hydrogen (secondary N) is 2. The Morgan fingerprint density at radius 1 is 1.33 bits per heavy atom. The first-order chi connectivity index (χ1) is 13.9. The number of hydrogen-bond donors (Lipinski definition) is 2. The van der Waals surface area contributed by atoms with Crippen LogP contribution < -0.4 is 10.6 Å². The highest BCUT2D eigenvalue weighted by atomic mass is 127. The Hall–Kier alpha value is -1.79. The van der Waals surface area contributed by atoms with E-state index in [1.807, 2.05) is 6.92 Å². The van der Waals surface area contributed by atoms with Crippen molar-refractivity contribution < 1.29 is 22.7 Å². The van der Waals surface area contributed by atoms with Crippen molar-refractivity contribution in [2.75, 3.05) is 44.6 Å². The van der Waals surface area contributed by atoms with E-state index >= 15 is 0 Å². The van der Waals surface area contributed by atoms with Crippen molar-refractivity contribution in [2.45, 2.75) is 32.9 Å². The van der Waals surface area contributed by atoms with Gasteiger partial charge in [-0.1, -0.05) is 0 Å². The molecule has 11 heteroatoms. The number of aliphatic imine (C=N–C) groups is 1. The molecule has 0 amide bonds. The molecule has 1 aliphatic heterocycles. The van der Waals surface area contributed by atoms with Gasteiger partial charge in [-0.2, -0.15) is 13.2 Å². The molecule has 1 saturated heterocycles. The number of nitrogens with zero attached hydrogens (tertiary/aromatic N) is 3. The maximum atomic E-state index is 13.0. The topological polar surface area (TPSA) is 78.9 Å². The number of guanidine groups is 1. The molecule has 1 fully saturated rings. The summed E-state index contributed by atoms with van der Waals surface area (Å²) in [6.45, 7) is 6.62. The summed E-state index contributed by atoms with van der Waals surface area (Å²) in [7, 11) is 0. The summed E-state index contributed by atoms with van der Waals surface area (Å²) in [5.74, 6) is 0.235. The largest absolute Gasteiger partial charge is 0.466 e. The molecule has 0 spiro atoms. The summed E-state index contributed by atoms with van der Waals surface area (Å²) < 4.78 is 44.1. The number of carbonyl (C=O) groups is 1. The molecule has 7 nitrogen and oxygen atoms in total. The molecule has 2 rings (SSSR count). The molecule has 0 aromatic carbocycles. The molecule has 2 heterocycles. The van der Waals surface area contributed by atoms with E-state index in [-0.39, 0.29) is 54.8 Å². The quantitative estimate of drug-likeness (QED) is 0.181. The third-order valence-electron chi connectivity index (χ3n) is 4.53. The third kappa shape index (κ3) is 7.80. The summed E-state index contributed by atoms with van der Waals surface area (Å²) in [5.41, 5.74) is -0.795. The first kappa shape index (κ1) is 26.2. The number of carbonyl (C=O) groups excluding carboxylic acids is 1. The highest BCUT2D eigenvalue weighted by Gasteiger charge is 2.34. The number of esters is 1. The van der Waals surface area contributed by atoms with Crippen molar-refractivity contribution in [3.63, 3.8) is 0 Å². The number of likely N-dealkylation sites (tertiary alicyclic amines) is 1. The maximum Gasteiger partial charge on any atom is 0.419 e. The van der Waals surface area contributed by atoms with Crippen molar-refractivity contribution in [1.29, 1.82) is 0 Å². The Labute approximate surface area is 191 Å². The lowest BCUT2D eigenvalue weighted by Gasteiger charge is -2.33. The van der Waals surface area contributed by atoms with Gasteiger partial charge in [-0.3, -0.25) is 9.79 Å². The summed E-state index contributed by atoms with van der Waals surface area (Å²) in [6, 6.07) is 2.26. The van der Waals surface area contributed by atoms with Crippen LogP contribution in [0.25, 0.3) is 0 Å². The Morgan fingerprint density at radius 3 is 2.63 bits per heavy atom. The van der Waals surface area contributed by atoms with E-state index in [1.165, 1.54) is 12.3 Å². The second-order valence-corrected chi connectivity index (χ2v) is 6.57. The molecule has 2 N–H and O–H groups in total. The van der Waals surface area contributed by atoms with Crippen LogP contribution in [0.1, 0.15) is 32.3 Å². The van der Waals surface area contributed by atoms with E-state index in [0.29, 0.717) is 45.0 Å². The molecule has 170 valence electrons. The minimum atomic E-state index is -4.46. The second kappa shape index (κ2) is 12.8. The number of aromatic nitrogens is 1. The van der Waals surface area contributed by atoms with Crippen molar-refractivity contribution in [1.82, 2.24) is 15.2 Å². The van der Waals surface area contributed by atoms with E-state index in [9.17, 15) is 18.0 Å². The molecule has 1 aromatic heterocycles. The van der Waals surface area contributed by atoms with Crippen LogP contribution in [0.15, 0.2) is 23.3 Å². The number of anilines is 1. The number of halogens is 4. The first-order valence-electron chi connectivity index (χ1n) is 9.82. The number of alkyl halides is 3. The molecular weight excluding hydrogens is 514 g/mol. The minimum Gasteiger partial charge on any atom is -0.466 e. The minimum absolute atomic E-state index is 0. The van der Waals surface area contributed by atoms with Crippen molar-refractivity contribution in [2.24, 2.45) is 10.9 Å². The lowest BCUT2D eigenvalue weighted by atomic mass is 9.97. The van der Waals surface area contributed by atoms with Crippen LogP contribution in [0.4, 0.5) is 19.0 Å². The van der Waals surface area contributed by atoms with Gasteiger partial charge in [0.1, 0.15) is 5.82 Å². The SMILES string of the molecule is CCNC(=NCCNc1ncccc1C(F)(F)F)N1CCC(C(=O)OCC)CC1.I. The van der Waals surface area contributed by atoms with E-state index in [4.69, 9.17) is 4.74 Å². The van der Waals surface area contributed by atoms with Crippen LogP contribution in [0.5, 0.6) is 0 Å². The van der Waals surface area contributed by atoms with Crippen LogP contribution in [0.2, 0.25) is 0 Å². The molecular formula is C19H29F3IN5O2. The van der Waals surface area contributed by atoms with Gasteiger partial charge in [0.2, 0.25) is 0 Å². The van der Waals surface area contributed by atoms with Gasteiger partial charge < -0.3 is 20.3 Å². The van der Waals surface area contributed by atoms with Gasteiger partial charge in [0.25, 0.3) is 0 Å². The number of piperidine rings is 1. The number of ether oxygens (including phenoxy) is 1. The standard InChI is InChI=1S/C19H28F3N5O2.HI/c1-3-23-18(27-12-7-14(8-13-27)17(28)29-4-2)26-11-10-25-16-15(19(20,21)22)6-5-9-24-16;/h5-6,9,14H,3-4,7-8,10-13H2,1-2H3,(H,23,26)(H,24,25);1H. The average molecular weight is 543 g/mol. The van der Waals surface area contributed by atoms with Gasteiger partial charge in [-0.05, 0) is 38.8 Å². The summed E-state index contributed by atoms with van der Waals surface area (Å²) in [5, 5.41) is 5.90. The van der Waals surface area contributed by atoms with Gasteiger partial charge in [0.05, 0.1) is 24.6 Å². The molecule has 0 radical (unpaired) electrons. The second-order valence-electron chi connectivity index (χ2n) is 6.57. The molecule has 0 unspecified atom stereocenters.